The minimum atomic E-state index is -4.65. The summed E-state index contributed by atoms with van der Waals surface area (Å²) in [6, 6.07) is 8.28. The van der Waals surface area contributed by atoms with Crippen LogP contribution in [0.3, 0.4) is 0 Å². The second kappa shape index (κ2) is 3.66. The lowest BCUT2D eigenvalue weighted by Crippen LogP contribution is -2.17. The zero-order chi connectivity index (χ0) is 11.8. The van der Waals surface area contributed by atoms with E-state index in [1.165, 1.54) is 0 Å². The molecule has 0 aliphatic carbocycles. The molecule has 1 heterocycles. The Balaban J connectivity index is 2.30. The highest BCUT2D eigenvalue weighted by Crippen LogP contribution is 2.36. The summed E-state index contributed by atoms with van der Waals surface area (Å²) in [7, 11) is 0. The van der Waals surface area contributed by atoms with Gasteiger partial charge in [-0.15, -0.1) is 0 Å². The minimum Gasteiger partial charge on any atom is -0.450 e. The van der Waals surface area contributed by atoms with Gasteiger partial charge in [0.1, 0.15) is 11.7 Å². The monoisotopic (exact) mass is 228 g/mol. The largest absolute Gasteiger partial charge is 0.450 e. The van der Waals surface area contributed by atoms with Gasteiger partial charge in [0.2, 0.25) is 0 Å². The number of carbonyl (C=O) groups is 1. The van der Waals surface area contributed by atoms with E-state index in [0.717, 1.165) is 6.08 Å². The molecule has 1 aromatic carbocycles. The van der Waals surface area contributed by atoms with Gasteiger partial charge in [-0.3, -0.25) is 0 Å². The van der Waals surface area contributed by atoms with Gasteiger partial charge in [-0.2, -0.15) is 13.2 Å². The van der Waals surface area contributed by atoms with Gasteiger partial charge < -0.3 is 4.74 Å². The predicted molar refractivity (Wildman–Crippen MR) is 49.4 cm³/mol. The van der Waals surface area contributed by atoms with Crippen LogP contribution in [0.25, 0.3) is 0 Å². The van der Waals surface area contributed by atoms with Crippen molar-refractivity contribution < 1.29 is 22.7 Å². The van der Waals surface area contributed by atoms with Crippen LogP contribution in [0.15, 0.2) is 42.0 Å². The molecule has 2 nitrogen and oxygen atoms in total. The van der Waals surface area contributed by atoms with Gasteiger partial charge in [0.25, 0.3) is 0 Å². The molecule has 0 spiro atoms. The van der Waals surface area contributed by atoms with Crippen molar-refractivity contribution in [2.45, 2.75) is 12.3 Å². The fourth-order valence-corrected chi connectivity index (χ4v) is 1.45. The summed E-state index contributed by atoms with van der Waals surface area (Å²) in [6.07, 6.45) is -4.79. The standard InChI is InChI=1S/C11H7F3O2/c12-11(13,14)8-6-9(16-10(8)15)7-4-2-1-3-5-7/h1-6,9H. The summed E-state index contributed by atoms with van der Waals surface area (Å²) < 4.78 is 41.6. The number of halogens is 3. The number of ether oxygens (including phenoxy) is 1. The molecule has 16 heavy (non-hydrogen) atoms. The van der Waals surface area contributed by atoms with E-state index in [2.05, 4.69) is 4.74 Å². The molecule has 0 radical (unpaired) electrons. The van der Waals surface area contributed by atoms with Crippen LogP contribution in [0, 0.1) is 0 Å². The summed E-state index contributed by atoms with van der Waals surface area (Å²) in [4.78, 5) is 11.0. The number of carbonyl (C=O) groups excluding carboxylic acids is 1. The van der Waals surface area contributed by atoms with Crippen molar-refractivity contribution >= 4 is 5.97 Å². The number of rotatable bonds is 1. The molecule has 0 aromatic heterocycles. The van der Waals surface area contributed by atoms with Crippen molar-refractivity contribution in [1.29, 1.82) is 0 Å². The van der Waals surface area contributed by atoms with E-state index in [1.807, 2.05) is 0 Å². The number of benzene rings is 1. The maximum absolute atomic E-state index is 12.3. The van der Waals surface area contributed by atoms with Crippen LogP contribution < -0.4 is 0 Å². The van der Waals surface area contributed by atoms with Gasteiger partial charge in [0.15, 0.2) is 0 Å². The summed E-state index contributed by atoms with van der Waals surface area (Å²) in [6.45, 7) is 0. The van der Waals surface area contributed by atoms with E-state index >= 15 is 0 Å². The molecule has 0 saturated heterocycles. The Kier molecular flexibility index (Phi) is 2.46. The van der Waals surface area contributed by atoms with Crippen molar-refractivity contribution in [3.8, 4) is 0 Å². The van der Waals surface area contributed by atoms with Crippen LogP contribution in [0.4, 0.5) is 13.2 Å². The molecule has 0 N–H and O–H groups in total. The van der Waals surface area contributed by atoms with E-state index in [9.17, 15) is 18.0 Å². The highest BCUT2D eigenvalue weighted by molar-refractivity contribution is 5.92. The topological polar surface area (TPSA) is 26.3 Å². The summed E-state index contributed by atoms with van der Waals surface area (Å²) >= 11 is 0. The van der Waals surface area contributed by atoms with Crippen molar-refractivity contribution in [2.24, 2.45) is 0 Å². The molecule has 0 saturated carbocycles. The Morgan fingerprint density at radius 2 is 1.75 bits per heavy atom. The average molecular weight is 228 g/mol. The molecular formula is C11H7F3O2. The fraction of sp³-hybridized carbons (Fsp3) is 0.182. The van der Waals surface area contributed by atoms with Gasteiger partial charge in [-0.1, -0.05) is 30.3 Å². The first kappa shape index (κ1) is 10.7. The molecule has 0 bridgehead atoms. The van der Waals surface area contributed by atoms with Gasteiger partial charge in [0.05, 0.1) is 0 Å². The maximum atomic E-state index is 12.3. The predicted octanol–water partition coefficient (Wildman–Crippen LogP) is 2.77. The molecule has 84 valence electrons. The Hall–Kier alpha value is -1.78. The molecule has 1 atom stereocenters. The van der Waals surface area contributed by atoms with E-state index in [0.29, 0.717) is 5.56 Å². The second-order valence-electron chi connectivity index (χ2n) is 3.31. The van der Waals surface area contributed by atoms with Crippen molar-refractivity contribution in [3.63, 3.8) is 0 Å². The van der Waals surface area contributed by atoms with Crippen LogP contribution in [-0.4, -0.2) is 12.1 Å². The zero-order valence-electron chi connectivity index (χ0n) is 7.99. The fourth-order valence-electron chi connectivity index (χ4n) is 1.45. The highest BCUT2D eigenvalue weighted by atomic mass is 19.4. The van der Waals surface area contributed by atoms with Crippen molar-refractivity contribution in [2.75, 3.05) is 0 Å². The Bertz CT molecular complexity index is 434. The highest BCUT2D eigenvalue weighted by Gasteiger charge is 2.44. The Labute approximate surface area is 89.3 Å². The normalized spacial score (nSPS) is 20.6. The number of esters is 1. The van der Waals surface area contributed by atoms with Crippen LogP contribution in [0.5, 0.6) is 0 Å². The molecule has 0 fully saturated rings. The third kappa shape index (κ3) is 1.93. The summed E-state index contributed by atoms with van der Waals surface area (Å²) in [5.74, 6) is -1.32. The summed E-state index contributed by atoms with van der Waals surface area (Å²) in [5.41, 5.74) is -0.712. The molecule has 1 aromatic rings. The third-order valence-electron chi connectivity index (χ3n) is 2.21. The van der Waals surface area contributed by atoms with Gasteiger partial charge in [-0.05, 0) is 11.6 Å². The first-order valence-corrected chi connectivity index (χ1v) is 4.53. The SMILES string of the molecule is O=C1OC(c2ccccc2)C=C1C(F)(F)F. The van der Waals surface area contributed by atoms with Crippen molar-refractivity contribution in [3.05, 3.63) is 47.5 Å². The van der Waals surface area contributed by atoms with Crippen molar-refractivity contribution in [1.82, 2.24) is 0 Å². The molecule has 5 heteroatoms. The van der Waals surface area contributed by atoms with Crippen LogP contribution >= 0.6 is 0 Å². The van der Waals surface area contributed by atoms with E-state index in [4.69, 9.17) is 0 Å². The van der Waals surface area contributed by atoms with Gasteiger partial charge in [-0.25, -0.2) is 4.79 Å². The quantitative estimate of drug-likeness (QED) is 0.691. The van der Waals surface area contributed by atoms with Crippen LogP contribution in [-0.2, 0) is 9.53 Å². The van der Waals surface area contributed by atoms with E-state index in [-0.39, 0.29) is 0 Å². The second-order valence-corrected chi connectivity index (χ2v) is 3.31. The van der Waals surface area contributed by atoms with E-state index < -0.39 is 23.8 Å². The van der Waals surface area contributed by atoms with Crippen LogP contribution in [0.1, 0.15) is 11.7 Å². The molecule has 1 aliphatic rings. The molecular weight excluding hydrogens is 221 g/mol. The smallest absolute Gasteiger partial charge is 0.423 e. The first-order chi connectivity index (χ1) is 7.48. The van der Waals surface area contributed by atoms with Gasteiger partial charge in [0, 0.05) is 0 Å². The summed E-state index contributed by atoms with van der Waals surface area (Å²) in [5, 5.41) is 0. The van der Waals surface area contributed by atoms with E-state index in [1.54, 1.807) is 30.3 Å². The zero-order valence-corrected chi connectivity index (χ0v) is 7.99. The lowest BCUT2D eigenvalue weighted by molar-refractivity contribution is -0.149. The molecule has 2 rings (SSSR count). The number of cyclic esters (lactones) is 1. The molecule has 0 amide bonds. The lowest BCUT2D eigenvalue weighted by atomic mass is 10.1. The van der Waals surface area contributed by atoms with Gasteiger partial charge >= 0.3 is 12.1 Å². The third-order valence-corrected chi connectivity index (χ3v) is 2.21. The van der Waals surface area contributed by atoms with Crippen LogP contribution in [0.2, 0.25) is 0 Å². The molecule has 1 aliphatic heterocycles. The Morgan fingerprint density at radius 3 is 2.25 bits per heavy atom. The Morgan fingerprint density at radius 1 is 1.12 bits per heavy atom. The number of hydrogen-bond donors (Lipinski definition) is 0. The number of alkyl halides is 3. The number of hydrogen-bond acceptors (Lipinski definition) is 2. The maximum Gasteiger partial charge on any atom is 0.423 e. The first-order valence-electron chi connectivity index (χ1n) is 4.53. The average Bonchev–Trinajstić information content (AvgIpc) is 2.61. The minimum absolute atomic E-state index is 0.523. The lowest BCUT2D eigenvalue weighted by Gasteiger charge is -2.07. The molecule has 1 unspecified atom stereocenters.